The summed E-state index contributed by atoms with van der Waals surface area (Å²) in [5.74, 6) is 0.339. The molecule has 2 heterocycles. The highest BCUT2D eigenvalue weighted by Crippen LogP contribution is 2.24. The normalized spacial score (nSPS) is 17.0. The molecule has 1 aliphatic heterocycles. The van der Waals surface area contributed by atoms with Gasteiger partial charge in [0, 0.05) is 12.6 Å². The van der Waals surface area contributed by atoms with Crippen molar-refractivity contribution >= 4 is 5.91 Å². The quantitative estimate of drug-likeness (QED) is 0.846. The van der Waals surface area contributed by atoms with Crippen LogP contribution in [-0.2, 0) is 0 Å². The summed E-state index contributed by atoms with van der Waals surface area (Å²) in [5.41, 5.74) is 2.05. The largest absolute Gasteiger partial charge is 0.351 e. The first kappa shape index (κ1) is 18.6. The van der Waals surface area contributed by atoms with Gasteiger partial charge in [-0.2, -0.15) is 0 Å². The van der Waals surface area contributed by atoms with E-state index in [1.165, 1.54) is 31.2 Å². The minimum atomic E-state index is -0.194. The average Bonchev–Trinajstić information content (AvgIpc) is 3.01. The third kappa shape index (κ3) is 4.73. The van der Waals surface area contributed by atoms with E-state index in [1.54, 1.807) is 6.07 Å². The van der Waals surface area contributed by atoms with Crippen molar-refractivity contribution in [1.82, 2.24) is 15.4 Å². The van der Waals surface area contributed by atoms with Gasteiger partial charge in [-0.05, 0) is 37.4 Å². The fourth-order valence-corrected chi connectivity index (χ4v) is 3.48. The van der Waals surface area contributed by atoms with Gasteiger partial charge < -0.3 is 9.84 Å². The molecule has 1 saturated heterocycles. The smallest absolute Gasteiger partial charge is 0.289 e. The molecule has 140 valence electrons. The Bertz CT molecular complexity index is 688. The molecule has 1 fully saturated rings. The second kappa shape index (κ2) is 8.99. The minimum absolute atomic E-state index is 0.186. The second-order valence-electron chi connectivity index (χ2n) is 7.36. The van der Waals surface area contributed by atoms with Crippen LogP contribution < -0.4 is 5.32 Å². The SMILES string of the molecule is CC(C)c1cc(C(=O)NC[C@@H](c2ccccc2)N2CCCCCC2)on1. The number of rotatable bonds is 6. The van der Waals surface area contributed by atoms with E-state index in [-0.39, 0.29) is 23.6 Å². The standard InChI is InChI=1S/C21H29N3O2/c1-16(2)18-14-20(26-23-18)21(25)22-15-19(17-10-6-5-7-11-17)24-12-8-3-4-9-13-24/h5-7,10-11,14,16,19H,3-4,8-9,12-13,15H2,1-2H3,(H,22,25)/t19-/m0/s1. The van der Waals surface area contributed by atoms with Crippen molar-refractivity contribution in [3.05, 3.63) is 53.4 Å². The Morgan fingerprint density at radius 3 is 2.46 bits per heavy atom. The Morgan fingerprint density at radius 2 is 1.85 bits per heavy atom. The molecule has 3 rings (SSSR count). The van der Waals surface area contributed by atoms with Crippen LogP contribution in [0.4, 0.5) is 0 Å². The van der Waals surface area contributed by atoms with Crippen LogP contribution >= 0.6 is 0 Å². The van der Waals surface area contributed by atoms with E-state index in [4.69, 9.17) is 4.52 Å². The fourth-order valence-electron chi connectivity index (χ4n) is 3.48. The lowest BCUT2D eigenvalue weighted by Crippen LogP contribution is -2.38. The van der Waals surface area contributed by atoms with Gasteiger partial charge >= 0.3 is 0 Å². The Kier molecular flexibility index (Phi) is 6.45. The summed E-state index contributed by atoms with van der Waals surface area (Å²) >= 11 is 0. The number of aromatic nitrogens is 1. The summed E-state index contributed by atoms with van der Waals surface area (Å²) < 4.78 is 5.22. The molecule has 0 spiro atoms. The summed E-state index contributed by atoms with van der Waals surface area (Å²) in [6.07, 6.45) is 5.02. The predicted molar refractivity (Wildman–Crippen MR) is 102 cm³/mol. The van der Waals surface area contributed by atoms with Crippen molar-refractivity contribution in [2.24, 2.45) is 0 Å². The first-order valence-electron chi connectivity index (χ1n) is 9.69. The predicted octanol–water partition coefficient (Wildman–Crippen LogP) is 4.15. The highest BCUT2D eigenvalue weighted by molar-refractivity contribution is 5.91. The number of carbonyl (C=O) groups excluding carboxylic acids is 1. The maximum Gasteiger partial charge on any atom is 0.289 e. The van der Waals surface area contributed by atoms with E-state index >= 15 is 0 Å². The van der Waals surface area contributed by atoms with Gasteiger partial charge in [0.2, 0.25) is 5.76 Å². The van der Waals surface area contributed by atoms with Crippen molar-refractivity contribution in [3.8, 4) is 0 Å². The summed E-state index contributed by atoms with van der Waals surface area (Å²) in [6, 6.07) is 12.4. The zero-order chi connectivity index (χ0) is 18.4. The lowest BCUT2D eigenvalue weighted by Gasteiger charge is -2.31. The number of nitrogens with zero attached hydrogens (tertiary/aromatic N) is 2. The van der Waals surface area contributed by atoms with E-state index in [2.05, 4.69) is 39.6 Å². The van der Waals surface area contributed by atoms with Crippen LogP contribution in [0.1, 0.15) is 73.3 Å². The van der Waals surface area contributed by atoms with Crippen molar-refractivity contribution in [2.45, 2.75) is 51.5 Å². The van der Waals surface area contributed by atoms with Crippen LogP contribution in [0.25, 0.3) is 0 Å². The lowest BCUT2D eigenvalue weighted by atomic mass is 10.0. The van der Waals surface area contributed by atoms with Gasteiger partial charge in [0.15, 0.2) is 0 Å². The van der Waals surface area contributed by atoms with E-state index in [1.807, 2.05) is 19.9 Å². The molecule has 26 heavy (non-hydrogen) atoms. The molecular weight excluding hydrogens is 326 g/mol. The van der Waals surface area contributed by atoms with E-state index < -0.39 is 0 Å². The first-order valence-corrected chi connectivity index (χ1v) is 9.69. The monoisotopic (exact) mass is 355 g/mol. The molecular formula is C21H29N3O2. The zero-order valence-corrected chi connectivity index (χ0v) is 15.8. The van der Waals surface area contributed by atoms with Crippen LogP contribution in [0.3, 0.4) is 0 Å². The van der Waals surface area contributed by atoms with Crippen LogP contribution in [0.2, 0.25) is 0 Å². The summed E-state index contributed by atoms with van der Waals surface area (Å²) in [6.45, 7) is 6.79. The number of nitrogens with one attached hydrogen (secondary N) is 1. The molecule has 0 unspecified atom stereocenters. The van der Waals surface area contributed by atoms with Gasteiger partial charge in [-0.1, -0.05) is 62.2 Å². The van der Waals surface area contributed by atoms with E-state index in [0.717, 1.165) is 18.8 Å². The summed E-state index contributed by atoms with van der Waals surface area (Å²) in [4.78, 5) is 15.0. The molecule has 0 bridgehead atoms. The molecule has 5 nitrogen and oxygen atoms in total. The number of amides is 1. The van der Waals surface area contributed by atoms with Gasteiger partial charge in [-0.3, -0.25) is 9.69 Å². The van der Waals surface area contributed by atoms with Gasteiger partial charge in [0.25, 0.3) is 5.91 Å². The maximum atomic E-state index is 12.5. The second-order valence-corrected chi connectivity index (χ2v) is 7.36. The van der Waals surface area contributed by atoms with Gasteiger partial charge in [-0.25, -0.2) is 0 Å². The van der Waals surface area contributed by atoms with Crippen LogP contribution in [-0.4, -0.2) is 35.6 Å². The van der Waals surface area contributed by atoms with E-state index in [0.29, 0.717) is 6.54 Å². The Balaban J connectivity index is 1.69. The van der Waals surface area contributed by atoms with Crippen molar-refractivity contribution in [3.63, 3.8) is 0 Å². The molecule has 0 radical (unpaired) electrons. The van der Waals surface area contributed by atoms with Gasteiger partial charge in [-0.15, -0.1) is 0 Å². The summed E-state index contributed by atoms with van der Waals surface area (Å²) in [5, 5.41) is 7.03. The van der Waals surface area contributed by atoms with Gasteiger partial charge in [0.05, 0.1) is 11.7 Å². The van der Waals surface area contributed by atoms with Crippen LogP contribution in [0, 0.1) is 0 Å². The molecule has 1 aliphatic rings. The Morgan fingerprint density at radius 1 is 1.15 bits per heavy atom. The van der Waals surface area contributed by atoms with Crippen molar-refractivity contribution in [1.29, 1.82) is 0 Å². The molecule has 0 saturated carbocycles. The molecule has 2 aromatic rings. The van der Waals surface area contributed by atoms with Gasteiger partial charge in [0.1, 0.15) is 0 Å². The molecule has 1 atom stereocenters. The number of likely N-dealkylation sites (tertiary alicyclic amines) is 1. The third-order valence-electron chi connectivity index (χ3n) is 5.07. The number of carbonyl (C=O) groups is 1. The molecule has 5 heteroatoms. The topological polar surface area (TPSA) is 58.4 Å². The van der Waals surface area contributed by atoms with E-state index in [9.17, 15) is 4.79 Å². The number of hydrogen-bond donors (Lipinski definition) is 1. The zero-order valence-electron chi connectivity index (χ0n) is 15.8. The lowest BCUT2D eigenvalue weighted by molar-refractivity contribution is 0.0896. The third-order valence-corrected chi connectivity index (χ3v) is 5.07. The maximum absolute atomic E-state index is 12.5. The highest BCUT2D eigenvalue weighted by atomic mass is 16.5. The van der Waals surface area contributed by atoms with Crippen molar-refractivity contribution < 1.29 is 9.32 Å². The molecule has 0 aliphatic carbocycles. The van der Waals surface area contributed by atoms with Crippen LogP contribution in [0.5, 0.6) is 0 Å². The first-order chi connectivity index (χ1) is 12.6. The molecule has 1 aromatic heterocycles. The molecule has 1 amide bonds. The fraction of sp³-hybridized carbons (Fsp3) is 0.524. The number of hydrogen-bond acceptors (Lipinski definition) is 4. The van der Waals surface area contributed by atoms with Crippen LogP contribution in [0.15, 0.2) is 40.9 Å². The Hall–Kier alpha value is -2.14. The average molecular weight is 355 g/mol. The summed E-state index contributed by atoms with van der Waals surface area (Å²) in [7, 11) is 0. The van der Waals surface area contributed by atoms with Crippen molar-refractivity contribution in [2.75, 3.05) is 19.6 Å². The Labute approximate surface area is 155 Å². The molecule has 1 N–H and O–H groups in total. The highest BCUT2D eigenvalue weighted by Gasteiger charge is 2.23. The minimum Gasteiger partial charge on any atom is -0.351 e. The molecule has 1 aromatic carbocycles. The number of benzene rings is 1.